The third-order valence-electron chi connectivity index (χ3n) is 3.38. The zero-order valence-corrected chi connectivity index (χ0v) is 15.0. The van der Waals surface area contributed by atoms with Gasteiger partial charge in [-0.1, -0.05) is 6.92 Å². The topological polar surface area (TPSA) is 54.5 Å². The van der Waals surface area contributed by atoms with Crippen molar-refractivity contribution in [2.45, 2.75) is 25.8 Å². The van der Waals surface area contributed by atoms with Gasteiger partial charge in [0.2, 0.25) is 5.91 Å². The van der Waals surface area contributed by atoms with E-state index >= 15 is 0 Å². The van der Waals surface area contributed by atoms with Gasteiger partial charge in [0, 0.05) is 23.5 Å². The molecule has 2 heterocycles. The molecule has 0 bridgehead atoms. The van der Waals surface area contributed by atoms with Gasteiger partial charge in [-0.25, -0.2) is 8.42 Å². The van der Waals surface area contributed by atoms with Crippen molar-refractivity contribution in [2.24, 2.45) is 0 Å². The molecule has 0 aliphatic carbocycles. The van der Waals surface area contributed by atoms with Gasteiger partial charge in [-0.15, -0.1) is 11.3 Å². The Morgan fingerprint density at radius 3 is 2.81 bits per heavy atom. The molecule has 116 valence electrons. The molecule has 0 spiro atoms. The predicted octanol–water partition coefficient (Wildman–Crippen LogP) is 2.95. The number of carbonyl (C=O) groups is 1. The molecule has 1 amide bonds. The van der Waals surface area contributed by atoms with E-state index in [1.165, 1.54) is 0 Å². The molecule has 1 saturated heterocycles. The summed E-state index contributed by atoms with van der Waals surface area (Å²) < 4.78 is 24.2. The Balaban J connectivity index is 2.07. The molecule has 4 nitrogen and oxygen atoms in total. The molecule has 0 aromatic carbocycles. The van der Waals surface area contributed by atoms with Crippen molar-refractivity contribution >= 4 is 49.1 Å². The summed E-state index contributed by atoms with van der Waals surface area (Å²) in [5.41, 5.74) is 0. The highest BCUT2D eigenvalue weighted by atomic mass is 79.9. The van der Waals surface area contributed by atoms with Crippen molar-refractivity contribution in [3.05, 3.63) is 26.9 Å². The lowest BCUT2D eigenvalue weighted by Crippen LogP contribution is -2.40. The van der Waals surface area contributed by atoms with E-state index in [0.29, 0.717) is 13.0 Å². The highest BCUT2D eigenvalue weighted by Crippen LogP contribution is 2.23. The van der Waals surface area contributed by atoms with Gasteiger partial charge in [-0.3, -0.25) is 4.79 Å². The van der Waals surface area contributed by atoms with E-state index in [2.05, 4.69) is 15.9 Å². The first-order valence-electron chi connectivity index (χ1n) is 6.86. The van der Waals surface area contributed by atoms with Crippen LogP contribution >= 0.6 is 27.3 Å². The Morgan fingerprint density at radius 1 is 1.52 bits per heavy atom. The van der Waals surface area contributed by atoms with E-state index in [0.717, 1.165) is 15.1 Å². The number of nitrogens with zero attached hydrogens (tertiary/aromatic N) is 1. The maximum atomic E-state index is 12.3. The van der Waals surface area contributed by atoms with Crippen molar-refractivity contribution in [1.82, 2.24) is 4.90 Å². The molecule has 1 atom stereocenters. The van der Waals surface area contributed by atoms with Crippen LogP contribution in [0.5, 0.6) is 0 Å². The van der Waals surface area contributed by atoms with Crippen LogP contribution in [0.1, 0.15) is 24.6 Å². The van der Waals surface area contributed by atoms with Gasteiger partial charge >= 0.3 is 0 Å². The number of sulfone groups is 1. The highest BCUT2D eigenvalue weighted by molar-refractivity contribution is 9.11. The molecule has 1 aromatic heterocycles. The fraction of sp³-hybridized carbons (Fsp3) is 0.500. The Kier molecular flexibility index (Phi) is 5.62. The van der Waals surface area contributed by atoms with Crippen LogP contribution in [-0.2, 0) is 14.6 Å². The van der Waals surface area contributed by atoms with E-state index in [1.807, 2.05) is 19.1 Å². The molecule has 0 radical (unpaired) electrons. The molecule has 2 rings (SSSR count). The summed E-state index contributed by atoms with van der Waals surface area (Å²) in [6.45, 7) is 2.58. The average Bonchev–Trinajstić information content (AvgIpc) is 2.99. The van der Waals surface area contributed by atoms with Crippen LogP contribution in [0.25, 0.3) is 6.08 Å². The zero-order chi connectivity index (χ0) is 15.5. The number of hydrogen-bond acceptors (Lipinski definition) is 4. The zero-order valence-electron chi connectivity index (χ0n) is 11.8. The molecule has 1 aliphatic rings. The molecule has 1 aliphatic heterocycles. The van der Waals surface area contributed by atoms with Gasteiger partial charge in [0.05, 0.1) is 15.3 Å². The minimum atomic E-state index is -2.98. The second-order valence-corrected chi connectivity index (χ2v) is 9.79. The van der Waals surface area contributed by atoms with Crippen molar-refractivity contribution in [1.29, 1.82) is 0 Å². The van der Waals surface area contributed by atoms with Crippen molar-refractivity contribution in [2.75, 3.05) is 18.1 Å². The first kappa shape index (κ1) is 16.7. The molecule has 1 fully saturated rings. The maximum Gasteiger partial charge on any atom is 0.246 e. The molecular weight excluding hydrogens is 374 g/mol. The second kappa shape index (κ2) is 7.07. The Morgan fingerprint density at radius 2 is 2.29 bits per heavy atom. The standard InChI is InChI=1S/C14H18BrNO3S2/c1-2-8-16(11-7-9-21(18,19)10-11)14(17)6-4-12-3-5-13(15)20-12/h3-6,11H,2,7-10H2,1H3. The van der Waals surface area contributed by atoms with Crippen LogP contribution < -0.4 is 0 Å². The van der Waals surface area contributed by atoms with Crippen LogP contribution in [0.3, 0.4) is 0 Å². The molecule has 7 heteroatoms. The van der Waals surface area contributed by atoms with Crippen molar-refractivity contribution in [3.8, 4) is 0 Å². The van der Waals surface area contributed by atoms with Crippen LogP contribution in [-0.4, -0.2) is 43.3 Å². The fourth-order valence-electron chi connectivity index (χ4n) is 2.40. The number of amides is 1. The Hall–Kier alpha value is -0.660. The van der Waals surface area contributed by atoms with Gasteiger partial charge in [-0.05, 0) is 47.0 Å². The van der Waals surface area contributed by atoms with Crippen molar-refractivity contribution in [3.63, 3.8) is 0 Å². The van der Waals surface area contributed by atoms with E-state index in [1.54, 1.807) is 28.4 Å². The third kappa shape index (κ3) is 4.66. The molecule has 1 unspecified atom stereocenters. The van der Waals surface area contributed by atoms with E-state index in [-0.39, 0.29) is 23.5 Å². The first-order valence-corrected chi connectivity index (χ1v) is 10.3. The van der Waals surface area contributed by atoms with Gasteiger partial charge in [-0.2, -0.15) is 0 Å². The van der Waals surface area contributed by atoms with Gasteiger partial charge in [0.1, 0.15) is 0 Å². The lowest BCUT2D eigenvalue weighted by atomic mass is 10.2. The maximum absolute atomic E-state index is 12.3. The van der Waals surface area contributed by atoms with Crippen molar-refractivity contribution < 1.29 is 13.2 Å². The molecule has 21 heavy (non-hydrogen) atoms. The number of halogens is 1. The fourth-order valence-corrected chi connectivity index (χ4v) is 5.46. The summed E-state index contributed by atoms with van der Waals surface area (Å²) in [5.74, 6) is 0.174. The first-order chi connectivity index (χ1) is 9.91. The lowest BCUT2D eigenvalue weighted by molar-refractivity contribution is -0.127. The minimum absolute atomic E-state index is 0.0944. The third-order valence-corrected chi connectivity index (χ3v) is 6.72. The van der Waals surface area contributed by atoms with Crippen LogP contribution in [0.4, 0.5) is 0 Å². The minimum Gasteiger partial charge on any atom is -0.335 e. The van der Waals surface area contributed by atoms with Crippen LogP contribution in [0.2, 0.25) is 0 Å². The highest BCUT2D eigenvalue weighted by Gasteiger charge is 2.33. The SMILES string of the molecule is CCCN(C(=O)C=Cc1ccc(Br)s1)C1CCS(=O)(=O)C1. The normalized spacial score (nSPS) is 21.0. The number of thiophene rings is 1. The quantitative estimate of drug-likeness (QED) is 0.724. The summed E-state index contributed by atoms with van der Waals surface area (Å²) in [5, 5.41) is 0. The second-order valence-electron chi connectivity index (χ2n) is 5.06. The Bertz CT molecular complexity index is 636. The van der Waals surface area contributed by atoms with Gasteiger partial charge in [0.15, 0.2) is 9.84 Å². The van der Waals surface area contributed by atoms with Crippen LogP contribution in [0.15, 0.2) is 22.0 Å². The van der Waals surface area contributed by atoms with E-state index < -0.39 is 9.84 Å². The summed E-state index contributed by atoms with van der Waals surface area (Å²) in [6, 6.07) is 3.69. The summed E-state index contributed by atoms with van der Waals surface area (Å²) in [6.07, 6.45) is 4.69. The Labute approximate surface area is 137 Å². The summed E-state index contributed by atoms with van der Waals surface area (Å²) >= 11 is 4.93. The largest absolute Gasteiger partial charge is 0.335 e. The molecule has 1 aromatic rings. The summed E-state index contributed by atoms with van der Waals surface area (Å²) in [4.78, 5) is 15.0. The number of rotatable bonds is 5. The molecule has 0 N–H and O–H groups in total. The average molecular weight is 392 g/mol. The molecule has 0 saturated carbocycles. The predicted molar refractivity (Wildman–Crippen MR) is 90.1 cm³/mol. The van der Waals surface area contributed by atoms with E-state index in [4.69, 9.17) is 0 Å². The molecular formula is C14H18BrNO3S2. The van der Waals surface area contributed by atoms with Gasteiger partial charge in [0.25, 0.3) is 0 Å². The lowest BCUT2D eigenvalue weighted by Gasteiger charge is -2.26. The number of carbonyl (C=O) groups excluding carboxylic acids is 1. The monoisotopic (exact) mass is 391 g/mol. The number of hydrogen-bond donors (Lipinski definition) is 0. The smallest absolute Gasteiger partial charge is 0.246 e. The van der Waals surface area contributed by atoms with E-state index in [9.17, 15) is 13.2 Å². The van der Waals surface area contributed by atoms with Crippen LogP contribution in [0, 0.1) is 0 Å². The summed E-state index contributed by atoms with van der Waals surface area (Å²) in [7, 11) is -2.98. The van der Waals surface area contributed by atoms with Gasteiger partial charge < -0.3 is 4.90 Å².